The van der Waals surface area contributed by atoms with Crippen molar-refractivity contribution in [2.45, 2.75) is 45.6 Å². The van der Waals surface area contributed by atoms with E-state index in [2.05, 4.69) is 24.1 Å². The lowest BCUT2D eigenvalue weighted by atomic mass is 10.1. The van der Waals surface area contributed by atoms with Gasteiger partial charge in [0.25, 0.3) is 5.91 Å². The Hall–Kier alpha value is -1.86. The molecule has 21 heavy (non-hydrogen) atoms. The van der Waals surface area contributed by atoms with Gasteiger partial charge in [-0.2, -0.15) is 0 Å². The molecule has 3 N–H and O–H groups in total. The lowest BCUT2D eigenvalue weighted by Crippen LogP contribution is -2.33. The zero-order valence-corrected chi connectivity index (χ0v) is 12.7. The normalized spacial score (nSPS) is 11.4. The smallest absolute Gasteiger partial charge is 0.252 e. The lowest BCUT2D eigenvalue weighted by Gasteiger charge is -2.14. The molecule has 0 saturated heterocycles. The van der Waals surface area contributed by atoms with Crippen LogP contribution in [-0.4, -0.2) is 18.5 Å². The summed E-state index contributed by atoms with van der Waals surface area (Å²) in [5.74, 6) is 4.76. The zero-order valence-electron chi connectivity index (χ0n) is 12.7. The highest BCUT2D eigenvalue weighted by atomic mass is 19.1. The highest BCUT2D eigenvalue weighted by Crippen LogP contribution is 2.11. The topological polar surface area (TPSA) is 55.1 Å². The van der Waals surface area contributed by atoms with Crippen molar-refractivity contribution in [1.82, 2.24) is 5.32 Å². The number of hydrogen-bond acceptors (Lipinski definition) is 2. The molecule has 0 aliphatic heterocycles. The van der Waals surface area contributed by atoms with Crippen LogP contribution >= 0.6 is 0 Å². The van der Waals surface area contributed by atoms with Crippen molar-refractivity contribution in [1.29, 1.82) is 0 Å². The van der Waals surface area contributed by atoms with Crippen LogP contribution in [0.5, 0.6) is 0 Å². The van der Waals surface area contributed by atoms with Crippen LogP contribution in [0.2, 0.25) is 0 Å². The fraction of sp³-hybridized carbons (Fsp3) is 0.471. The predicted octanol–water partition coefficient (Wildman–Crippen LogP) is 2.83. The molecule has 1 amide bonds. The summed E-state index contributed by atoms with van der Waals surface area (Å²) in [7, 11) is 0. The lowest BCUT2D eigenvalue weighted by molar-refractivity contribution is 0.0937. The number of benzene rings is 1. The number of nitrogens with one attached hydrogen (secondary N) is 1. The maximum Gasteiger partial charge on any atom is 0.252 e. The third-order valence-corrected chi connectivity index (χ3v) is 3.17. The second-order valence-corrected chi connectivity index (χ2v) is 5.07. The third kappa shape index (κ3) is 5.97. The molecule has 0 spiro atoms. The van der Waals surface area contributed by atoms with Crippen LogP contribution in [0.3, 0.4) is 0 Å². The first-order valence-corrected chi connectivity index (χ1v) is 7.37. The standard InChI is InChI=1S/C17H23FN2O/c1-3-4-5-7-13(2)20-17(21)16-10-9-15(18)12-14(16)8-6-11-19/h9-10,12-13H,3-5,7,11,19H2,1-2H3,(H,20,21). The summed E-state index contributed by atoms with van der Waals surface area (Å²) in [5.41, 5.74) is 6.08. The van der Waals surface area contributed by atoms with E-state index in [-0.39, 0.29) is 18.5 Å². The van der Waals surface area contributed by atoms with Gasteiger partial charge in [-0.05, 0) is 31.5 Å². The van der Waals surface area contributed by atoms with Crippen LogP contribution in [0, 0.1) is 17.7 Å². The summed E-state index contributed by atoms with van der Waals surface area (Å²) in [4.78, 5) is 12.3. The van der Waals surface area contributed by atoms with Gasteiger partial charge in [0, 0.05) is 11.6 Å². The van der Waals surface area contributed by atoms with Crippen LogP contribution < -0.4 is 11.1 Å². The van der Waals surface area contributed by atoms with E-state index in [0.29, 0.717) is 11.1 Å². The van der Waals surface area contributed by atoms with Crippen molar-refractivity contribution in [3.63, 3.8) is 0 Å². The summed E-state index contributed by atoms with van der Waals surface area (Å²) in [6.45, 7) is 4.29. The molecule has 1 unspecified atom stereocenters. The maximum atomic E-state index is 13.3. The van der Waals surface area contributed by atoms with Gasteiger partial charge in [0.15, 0.2) is 0 Å². The highest BCUT2D eigenvalue weighted by Gasteiger charge is 2.13. The second-order valence-electron chi connectivity index (χ2n) is 5.07. The Kier molecular flexibility index (Phi) is 7.49. The fourth-order valence-corrected chi connectivity index (χ4v) is 2.04. The molecule has 0 aliphatic rings. The summed E-state index contributed by atoms with van der Waals surface area (Å²) >= 11 is 0. The fourth-order valence-electron chi connectivity index (χ4n) is 2.04. The van der Waals surface area contributed by atoms with Crippen LogP contribution in [0.4, 0.5) is 4.39 Å². The van der Waals surface area contributed by atoms with E-state index in [4.69, 9.17) is 5.73 Å². The Balaban J connectivity index is 2.77. The van der Waals surface area contributed by atoms with Gasteiger partial charge < -0.3 is 11.1 Å². The number of carbonyl (C=O) groups is 1. The van der Waals surface area contributed by atoms with Gasteiger partial charge in [0.1, 0.15) is 5.82 Å². The summed E-state index contributed by atoms with van der Waals surface area (Å²) in [6, 6.07) is 4.08. The molecule has 1 aromatic rings. The molecule has 3 nitrogen and oxygen atoms in total. The zero-order chi connectivity index (χ0) is 15.7. The van der Waals surface area contributed by atoms with Gasteiger partial charge in [-0.1, -0.05) is 38.0 Å². The number of carbonyl (C=O) groups excluding carboxylic acids is 1. The van der Waals surface area contributed by atoms with Gasteiger partial charge in [-0.3, -0.25) is 4.79 Å². The van der Waals surface area contributed by atoms with Gasteiger partial charge in [0.2, 0.25) is 0 Å². The van der Waals surface area contributed by atoms with Crippen LogP contribution in [0.15, 0.2) is 18.2 Å². The average molecular weight is 290 g/mol. The summed E-state index contributed by atoms with van der Waals surface area (Å²) in [5, 5.41) is 2.93. The first-order valence-electron chi connectivity index (χ1n) is 7.37. The van der Waals surface area contributed by atoms with Crippen molar-refractivity contribution >= 4 is 5.91 Å². The number of rotatable bonds is 6. The molecule has 4 heteroatoms. The SMILES string of the molecule is CCCCCC(C)NC(=O)c1ccc(F)cc1C#CCN. The molecule has 0 radical (unpaired) electrons. The number of hydrogen-bond donors (Lipinski definition) is 2. The van der Waals surface area contributed by atoms with Crippen LogP contribution in [0.25, 0.3) is 0 Å². The average Bonchev–Trinajstić information content (AvgIpc) is 2.45. The van der Waals surface area contributed by atoms with E-state index in [1.807, 2.05) is 6.92 Å². The Morgan fingerprint density at radius 1 is 1.43 bits per heavy atom. The molecule has 0 saturated carbocycles. The molecule has 0 aromatic heterocycles. The van der Waals surface area contributed by atoms with Crippen molar-refractivity contribution in [3.05, 3.63) is 35.1 Å². The number of amides is 1. The Bertz CT molecular complexity index is 531. The molecule has 0 fully saturated rings. The minimum Gasteiger partial charge on any atom is -0.350 e. The Labute approximate surface area is 126 Å². The first kappa shape index (κ1) is 17.2. The minimum atomic E-state index is -0.413. The van der Waals surface area contributed by atoms with E-state index < -0.39 is 5.82 Å². The van der Waals surface area contributed by atoms with Gasteiger partial charge in [-0.15, -0.1) is 0 Å². The minimum absolute atomic E-state index is 0.0874. The third-order valence-electron chi connectivity index (χ3n) is 3.17. The Morgan fingerprint density at radius 2 is 2.19 bits per heavy atom. The van der Waals surface area contributed by atoms with Crippen LogP contribution in [-0.2, 0) is 0 Å². The first-order chi connectivity index (χ1) is 10.1. The Morgan fingerprint density at radius 3 is 2.86 bits per heavy atom. The largest absolute Gasteiger partial charge is 0.350 e. The number of halogens is 1. The second kappa shape index (κ2) is 9.15. The van der Waals surface area contributed by atoms with Gasteiger partial charge in [0.05, 0.1) is 12.1 Å². The molecular weight excluding hydrogens is 267 g/mol. The molecule has 0 bridgehead atoms. The van der Waals surface area contributed by atoms with E-state index in [0.717, 1.165) is 25.7 Å². The van der Waals surface area contributed by atoms with Crippen LogP contribution in [0.1, 0.15) is 55.5 Å². The quantitative estimate of drug-likeness (QED) is 0.625. The number of nitrogens with two attached hydrogens (primary N) is 1. The van der Waals surface area contributed by atoms with Crippen molar-refractivity contribution in [2.75, 3.05) is 6.54 Å². The van der Waals surface area contributed by atoms with Gasteiger partial charge >= 0.3 is 0 Å². The van der Waals surface area contributed by atoms with E-state index in [9.17, 15) is 9.18 Å². The monoisotopic (exact) mass is 290 g/mol. The summed E-state index contributed by atoms with van der Waals surface area (Å²) < 4.78 is 13.3. The number of unbranched alkanes of at least 4 members (excludes halogenated alkanes) is 2. The molecule has 1 aromatic carbocycles. The maximum absolute atomic E-state index is 13.3. The van der Waals surface area contributed by atoms with E-state index >= 15 is 0 Å². The molecule has 0 aliphatic carbocycles. The van der Waals surface area contributed by atoms with Crippen molar-refractivity contribution < 1.29 is 9.18 Å². The highest BCUT2D eigenvalue weighted by molar-refractivity contribution is 5.96. The predicted molar refractivity (Wildman–Crippen MR) is 83.4 cm³/mol. The van der Waals surface area contributed by atoms with Crippen molar-refractivity contribution in [3.8, 4) is 11.8 Å². The molecular formula is C17H23FN2O. The van der Waals surface area contributed by atoms with Crippen molar-refractivity contribution in [2.24, 2.45) is 5.73 Å². The molecule has 114 valence electrons. The van der Waals surface area contributed by atoms with E-state index in [1.165, 1.54) is 18.2 Å². The van der Waals surface area contributed by atoms with Gasteiger partial charge in [-0.25, -0.2) is 4.39 Å². The summed E-state index contributed by atoms with van der Waals surface area (Å²) in [6.07, 6.45) is 4.33. The molecule has 0 heterocycles. The molecule has 1 rings (SSSR count). The van der Waals surface area contributed by atoms with E-state index in [1.54, 1.807) is 0 Å². The molecule has 1 atom stereocenters.